The molecule has 2 aromatic heterocycles. The molecular weight excluding hydrogens is 449 g/mol. The normalized spacial score (nSPS) is 17.4. The maximum Gasteiger partial charge on any atom is 0.393 e. The highest BCUT2D eigenvalue weighted by atomic mass is 32.1. The van der Waals surface area contributed by atoms with E-state index < -0.39 is 12.6 Å². The molecule has 174 valence electrons. The van der Waals surface area contributed by atoms with Crippen LogP contribution in [0.4, 0.5) is 19.0 Å². The summed E-state index contributed by atoms with van der Waals surface area (Å²) in [6.07, 6.45) is 0.954. The van der Waals surface area contributed by atoms with Gasteiger partial charge >= 0.3 is 6.18 Å². The number of benzene rings is 1. The van der Waals surface area contributed by atoms with Gasteiger partial charge in [-0.25, -0.2) is 9.97 Å². The van der Waals surface area contributed by atoms with Crippen molar-refractivity contribution in [2.24, 2.45) is 0 Å². The third kappa shape index (κ3) is 4.84. The number of nitrogens with one attached hydrogen (secondary N) is 1. The number of aromatic hydroxyl groups is 1. The first-order valence-electron chi connectivity index (χ1n) is 11.0. The van der Waals surface area contributed by atoms with Crippen LogP contribution in [-0.2, 0) is 19.4 Å². The molecule has 5 nitrogen and oxygen atoms in total. The monoisotopic (exact) mass is 474 g/mol. The minimum atomic E-state index is -4.24. The Morgan fingerprint density at radius 1 is 1.21 bits per heavy atom. The second-order valence-electron chi connectivity index (χ2n) is 8.95. The lowest BCUT2D eigenvalue weighted by Gasteiger charge is -2.33. The molecule has 9 heteroatoms. The average Bonchev–Trinajstić information content (AvgIpc) is 3.33. The van der Waals surface area contributed by atoms with E-state index in [0.717, 1.165) is 54.8 Å². The molecule has 0 bridgehead atoms. The van der Waals surface area contributed by atoms with Crippen LogP contribution in [0.2, 0.25) is 0 Å². The second-order valence-corrected chi connectivity index (χ2v) is 10.1. The molecule has 1 aliphatic carbocycles. The standard InChI is InChI=1S/C24H25F3N4OS/c1-14-8-15-2-3-16(21(32)19(15)9-14)12-31-6-4-17(5-7-31)30-22-20-10-18(11-24(25,26)27)33-23(20)29-13-28-22/h2-3,9-10,13,17,32H,4-8,11-12H2,1H3,(H,28,29,30). The van der Waals surface area contributed by atoms with E-state index >= 15 is 0 Å². The number of halogens is 3. The maximum absolute atomic E-state index is 12.8. The Kier molecular flexibility index (Phi) is 5.78. The molecule has 2 aliphatic rings. The fraction of sp³-hybridized carbons (Fsp3) is 0.417. The molecule has 5 rings (SSSR count). The van der Waals surface area contributed by atoms with Crippen LogP contribution in [0.15, 0.2) is 30.1 Å². The SMILES string of the molecule is CC1=Cc2c(ccc(CN3CCC(Nc4ncnc5sc(CC(F)(F)F)cc45)CC3)c2O)C1. The van der Waals surface area contributed by atoms with E-state index in [1.807, 2.05) is 6.07 Å². The lowest BCUT2D eigenvalue weighted by molar-refractivity contribution is -0.126. The van der Waals surface area contributed by atoms with E-state index in [0.29, 0.717) is 28.3 Å². The third-order valence-corrected chi connectivity index (χ3v) is 7.37. The minimum Gasteiger partial charge on any atom is -0.507 e. The van der Waals surface area contributed by atoms with Crippen LogP contribution in [0.1, 0.15) is 41.3 Å². The summed E-state index contributed by atoms with van der Waals surface area (Å²) in [5, 5.41) is 14.8. The number of aromatic nitrogens is 2. The molecule has 1 saturated heterocycles. The number of rotatable bonds is 5. The number of anilines is 1. The van der Waals surface area contributed by atoms with Crippen molar-refractivity contribution >= 4 is 33.4 Å². The van der Waals surface area contributed by atoms with Gasteiger partial charge in [0.2, 0.25) is 0 Å². The summed E-state index contributed by atoms with van der Waals surface area (Å²) >= 11 is 1.06. The van der Waals surface area contributed by atoms with Crippen LogP contribution in [0.25, 0.3) is 16.3 Å². The van der Waals surface area contributed by atoms with Crippen molar-refractivity contribution < 1.29 is 18.3 Å². The Morgan fingerprint density at radius 3 is 2.76 bits per heavy atom. The maximum atomic E-state index is 12.8. The number of thiophene rings is 1. The molecular formula is C24H25F3N4OS. The smallest absolute Gasteiger partial charge is 0.393 e. The Bertz CT molecular complexity index is 1210. The first-order chi connectivity index (χ1) is 15.7. The van der Waals surface area contributed by atoms with Crippen LogP contribution in [0.3, 0.4) is 0 Å². The van der Waals surface area contributed by atoms with Gasteiger partial charge in [0.25, 0.3) is 0 Å². The largest absolute Gasteiger partial charge is 0.507 e. The average molecular weight is 475 g/mol. The summed E-state index contributed by atoms with van der Waals surface area (Å²) < 4.78 is 38.3. The van der Waals surface area contributed by atoms with E-state index in [2.05, 4.69) is 39.3 Å². The van der Waals surface area contributed by atoms with Crippen molar-refractivity contribution in [2.45, 2.75) is 51.4 Å². The summed E-state index contributed by atoms with van der Waals surface area (Å²) in [6, 6.07) is 5.87. The molecule has 0 atom stereocenters. The topological polar surface area (TPSA) is 61.3 Å². The fourth-order valence-electron chi connectivity index (χ4n) is 4.71. The number of likely N-dealkylation sites (tertiary alicyclic amines) is 1. The quantitative estimate of drug-likeness (QED) is 0.509. The molecule has 0 radical (unpaired) electrons. The van der Waals surface area contributed by atoms with Crippen molar-refractivity contribution in [3.63, 3.8) is 0 Å². The van der Waals surface area contributed by atoms with Crippen LogP contribution in [0, 0.1) is 0 Å². The Hall–Kier alpha value is -2.65. The molecule has 1 aliphatic heterocycles. The molecule has 1 aromatic carbocycles. The van der Waals surface area contributed by atoms with Crippen LogP contribution in [0.5, 0.6) is 5.75 Å². The lowest BCUT2D eigenvalue weighted by Crippen LogP contribution is -2.38. The number of phenols is 1. The molecule has 3 heterocycles. The highest BCUT2D eigenvalue weighted by molar-refractivity contribution is 7.18. The van der Waals surface area contributed by atoms with Crippen LogP contribution < -0.4 is 5.32 Å². The van der Waals surface area contributed by atoms with E-state index in [9.17, 15) is 18.3 Å². The van der Waals surface area contributed by atoms with E-state index in [1.54, 1.807) is 6.07 Å². The number of phenolic OH excluding ortho intramolecular Hbond substituents is 1. The van der Waals surface area contributed by atoms with Gasteiger partial charge in [-0.2, -0.15) is 13.2 Å². The number of hydrogen-bond donors (Lipinski definition) is 2. The molecule has 1 fully saturated rings. The van der Waals surface area contributed by atoms with Gasteiger partial charge in [0.15, 0.2) is 0 Å². The van der Waals surface area contributed by atoms with Gasteiger partial charge in [0.05, 0.1) is 11.8 Å². The number of hydrogen-bond acceptors (Lipinski definition) is 6. The molecule has 0 unspecified atom stereocenters. The van der Waals surface area contributed by atoms with E-state index in [-0.39, 0.29) is 10.9 Å². The van der Waals surface area contributed by atoms with Gasteiger partial charge in [-0.05, 0) is 37.8 Å². The summed E-state index contributed by atoms with van der Waals surface area (Å²) in [7, 11) is 0. The molecule has 2 N–H and O–H groups in total. The summed E-state index contributed by atoms with van der Waals surface area (Å²) in [5.41, 5.74) is 4.34. The zero-order valence-electron chi connectivity index (χ0n) is 18.2. The Labute approximate surface area is 194 Å². The first-order valence-corrected chi connectivity index (χ1v) is 11.9. The van der Waals surface area contributed by atoms with Gasteiger partial charge in [-0.1, -0.05) is 23.8 Å². The van der Waals surface area contributed by atoms with Gasteiger partial charge in [0.1, 0.15) is 22.7 Å². The lowest BCUT2D eigenvalue weighted by atomic mass is 10.0. The molecule has 0 amide bonds. The van der Waals surface area contributed by atoms with Gasteiger partial charge in [0, 0.05) is 41.7 Å². The molecule has 3 aromatic rings. The number of nitrogens with zero attached hydrogens (tertiary/aromatic N) is 3. The van der Waals surface area contributed by atoms with Gasteiger partial charge in [-0.15, -0.1) is 11.3 Å². The van der Waals surface area contributed by atoms with Crippen molar-refractivity contribution in [1.29, 1.82) is 0 Å². The second kappa shape index (κ2) is 8.61. The number of piperidine rings is 1. The summed E-state index contributed by atoms with van der Waals surface area (Å²) in [6.45, 7) is 4.50. The molecule has 0 saturated carbocycles. The first kappa shape index (κ1) is 22.2. The molecule has 0 spiro atoms. The van der Waals surface area contributed by atoms with Crippen molar-refractivity contribution in [3.8, 4) is 5.75 Å². The van der Waals surface area contributed by atoms with Gasteiger partial charge < -0.3 is 10.4 Å². The number of alkyl halides is 3. The van der Waals surface area contributed by atoms with E-state index in [4.69, 9.17) is 0 Å². The minimum absolute atomic E-state index is 0.185. The van der Waals surface area contributed by atoms with Crippen molar-refractivity contribution in [3.05, 3.63) is 51.7 Å². The summed E-state index contributed by atoms with van der Waals surface area (Å²) in [5.74, 6) is 0.988. The highest BCUT2D eigenvalue weighted by Gasteiger charge is 2.29. The zero-order valence-corrected chi connectivity index (χ0v) is 19.1. The Morgan fingerprint density at radius 2 is 2.00 bits per heavy atom. The fourth-order valence-corrected chi connectivity index (χ4v) is 5.74. The predicted molar refractivity (Wildman–Crippen MR) is 125 cm³/mol. The number of allylic oxidation sites excluding steroid dienone is 1. The van der Waals surface area contributed by atoms with Crippen LogP contribution >= 0.6 is 11.3 Å². The molecule has 33 heavy (non-hydrogen) atoms. The van der Waals surface area contributed by atoms with Crippen LogP contribution in [-0.4, -0.2) is 45.3 Å². The van der Waals surface area contributed by atoms with Gasteiger partial charge in [-0.3, -0.25) is 4.90 Å². The van der Waals surface area contributed by atoms with Crippen molar-refractivity contribution in [2.75, 3.05) is 18.4 Å². The highest BCUT2D eigenvalue weighted by Crippen LogP contribution is 2.36. The predicted octanol–water partition coefficient (Wildman–Crippen LogP) is 5.54. The Balaban J connectivity index is 1.22. The third-order valence-electron chi connectivity index (χ3n) is 6.33. The zero-order chi connectivity index (χ0) is 23.2. The van der Waals surface area contributed by atoms with E-state index in [1.165, 1.54) is 17.5 Å². The van der Waals surface area contributed by atoms with Crippen molar-refractivity contribution in [1.82, 2.24) is 14.9 Å². The summed E-state index contributed by atoms with van der Waals surface area (Å²) in [4.78, 5) is 11.6. The number of fused-ring (bicyclic) bond motifs is 2.